The fraction of sp³-hybridized carbons (Fsp3) is 0.442. The van der Waals surface area contributed by atoms with E-state index in [-0.39, 0.29) is 29.4 Å². The predicted molar refractivity (Wildman–Crippen MR) is 215 cm³/mol. The van der Waals surface area contributed by atoms with Gasteiger partial charge in [0.05, 0.1) is 36.3 Å². The third-order valence-corrected chi connectivity index (χ3v) is 14.2. The number of carbonyl (C=O) groups excluding carboxylic acids is 1. The Morgan fingerprint density at radius 3 is 2.41 bits per heavy atom. The highest BCUT2D eigenvalue weighted by molar-refractivity contribution is 7.90. The molecule has 59 heavy (non-hydrogen) atoms. The molecule has 2 saturated heterocycles. The van der Waals surface area contributed by atoms with Crippen molar-refractivity contribution in [3.63, 3.8) is 0 Å². The summed E-state index contributed by atoms with van der Waals surface area (Å²) in [4.78, 5) is 31.6. The summed E-state index contributed by atoms with van der Waals surface area (Å²) in [7, 11) is -2.08. The van der Waals surface area contributed by atoms with Crippen LogP contribution in [0.25, 0.3) is 44.9 Å². The molecule has 3 atom stereocenters. The number of likely N-dealkylation sites (tertiary alicyclic amines) is 2. The number of ether oxygens (including phenoxy) is 2. The van der Waals surface area contributed by atoms with Gasteiger partial charge in [0.1, 0.15) is 11.2 Å². The Morgan fingerprint density at radius 2 is 1.71 bits per heavy atom. The molecule has 1 saturated carbocycles. The molecule has 0 spiro atoms. The highest BCUT2D eigenvalue weighted by atomic mass is 32.2. The lowest BCUT2D eigenvalue weighted by atomic mass is 9.90. The molecule has 2 aliphatic heterocycles. The summed E-state index contributed by atoms with van der Waals surface area (Å²) in [6, 6.07) is 13.5. The zero-order chi connectivity index (χ0) is 41.2. The van der Waals surface area contributed by atoms with Gasteiger partial charge in [0, 0.05) is 48.9 Å². The molecular weight excluding hydrogens is 783 g/mol. The van der Waals surface area contributed by atoms with Gasteiger partial charge < -0.3 is 19.0 Å². The second kappa shape index (κ2) is 15.5. The van der Waals surface area contributed by atoms with Crippen molar-refractivity contribution >= 4 is 27.0 Å². The lowest BCUT2D eigenvalue weighted by molar-refractivity contribution is -0.122. The number of methoxy groups -OCH3 is 1. The number of fused-ring (bicyclic) bond motifs is 2. The molecule has 13 nitrogen and oxygen atoms in total. The van der Waals surface area contributed by atoms with Crippen LogP contribution < -0.4 is 14.2 Å². The first-order valence-electron chi connectivity index (χ1n) is 20.1. The summed E-state index contributed by atoms with van der Waals surface area (Å²) >= 11 is 0. The predicted octanol–water partition coefficient (Wildman–Crippen LogP) is 6.33. The molecule has 0 bridgehead atoms. The third-order valence-electron chi connectivity index (χ3n) is 12.3. The Bertz CT molecular complexity index is 2560. The number of halogens is 2. The number of nitrogens with one attached hydrogen (secondary N) is 1. The number of amides is 1. The van der Waals surface area contributed by atoms with Gasteiger partial charge in [-0.3, -0.25) is 24.3 Å². The van der Waals surface area contributed by atoms with Gasteiger partial charge >= 0.3 is 6.61 Å². The van der Waals surface area contributed by atoms with Gasteiger partial charge in [0.25, 0.3) is 0 Å². The van der Waals surface area contributed by atoms with Gasteiger partial charge in [0.2, 0.25) is 27.7 Å². The van der Waals surface area contributed by atoms with Crippen LogP contribution in [-0.2, 0) is 27.8 Å². The molecule has 4 aliphatic rings. The van der Waals surface area contributed by atoms with E-state index in [1.807, 2.05) is 56.3 Å². The Kier molecular flexibility index (Phi) is 10.4. The number of aliphatic hydroxyl groups is 1. The second-order valence-corrected chi connectivity index (χ2v) is 18.1. The highest BCUT2D eigenvalue weighted by Gasteiger charge is 2.42. The van der Waals surface area contributed by atoms with Crippen molar-refractivity contribution in [1.29, 1.82) is 0 Å². The van der Waals surface area contributed by atoms with E-state index in [4.69, 9.17) is 28.8 Å². The van der Waals surface area contributed by atoms with Gasteiger partial charge in [-0.15, -0.1) is 0 Å². The minimum atomic E-state index is -3.66. The number of alkyl halides is 2. The highest BCUT2D eigenvalue weighted by Crippen LogP contribution is 2.47. The van der Waals surface area contributed by atoms with E-state index >= 15 is 0 Å². The summed E-state index contributed by atoms with van der Waals surface area (Å²) in [5, 5.41) is 9.49. The van der Waals surface area contributed by atoms with Gasteiger partial charge in [0.15, 0.2) is 11.3 Å². The first-order chi connectivity index (χ1) is 28.4. The normalized spacial score (nSPS) is 21.1. The monoisotopic (exact) mass is 828 g/mol. The lowest BCUT2D eigenvalue weighted by Crippen LogP contribution is -2.38. The molecule has 3 fully saturated rings. The van der Waals surface area contributed by atoms with Crippen LogP contribution in [0.1, 0.15) is 66.1 Å². The summed E-state index contributed by atoms with van der Waals surface area (Å²) in [5.41, 5.74) is 8.60. The number of aromatic nitrogens is 3. The van der Waals surface area contributed by atoms with E-state index in [2.05, 4.69) is 14.5 Å². The fourth-order valence-electron chi connectivity index (χ4n) is 9.09. The van der Waals surface area contributed by atoms with Crippen molar-refractivity contribution in [3.8, 4) is 45.5 Å². The van der Waals surface area contributed by atoms with E-state index in [1.165, 1.54) is 0 Å². The lowest BCUT2D eigenvalue weighted by Gasteiger charge is -2.25. The second-order valence-electron chi connectivity index (χ2n) is 16.1. The Hall–Kier alpha value is -5.03. The molecule has 16 heteroatoms. The summed E-state index contributed by atoms with van der Waals surface area (Å²) < 4.78 is 72.4. The van der Waals surface area contributed by atoms with Crippen molar-refractivity contribution in [2.24, 2.45) is 5.92 Å². The van der Waals surface area contributed by atoms with Crippen molar-refractivity contribution in [2.75, 3.05) is 33.3 Å². The number of benzene rings is 3. The van der Waals surface area contributed by atoms with Crippen LogP contribution in [-0.4, -0.2) is 95.4 Å². The summed E-state index contributed by atoms with van der Waals surface area (Å²) in [6.45, 7) is 3.72. The minimum absolute atomic E-state index is 0.0318. The van der Waals surface area contributed by atoms with Crippen LogP contribution in [0.4, 0.5) is 8.78 Å². The van der Waals surface area contributed by atoms with E-state index in [9.17, 15) is 27.1 Å². The number of sulfonamides is 1. The SMILES string of the molecule is COc1nc(-c2cccc(-c3cccc(-c4nc5cc6c(c(OC(F)F)c5o4)CC[C@H]6N4CC[C@@H](C(=O)NS(=O)(=O)C5CC5)C4)c3C)c2C)cnc1CN1CC[C@@H](O)C1. The quantitative estimate of drug-likeness (QED) is 0.144. The molecule has 9 rings (SSSR count). The van der Waals surface area contributed by atoms with E-state index < -0.39 is 33.7 Å². The number of carbonyl (C=O) groups is 1. The Morgan fingerprint density at radius 1 is 0.983 bits per heavy atom. The van der Waals surface area contributed by atoms with Gasteiger partial charge in [-0.2, -0.15) is 8.78 Å². The van der Waals surface area contributed by atoms with Crippen LogP contribution >= 0.6 is 0 Å². The van der Waals surface area contributed by atoms with Crippen LogP contribution in [0.2, 0.25) is 0 Å². The van der Waals surface area contributed by atoms with Gasteiger partial charge in [-0.1, -0.05) is 30.3 Å². The maximum atomic E-state index is 14.0. The zero-order valence-corrected chi connectivity index (χ0v) is 33.9. The molecule has 2 aliphatic carbocycles. The standard InChI is InChI=1S/C43H46F2N6O7S/c1-23-28(6-4-8-30(23)35-19-46-36(42(48-35)56-3)22-50-16-15-26(52)21-50)29-7-5-9-31(24(29)2)41-47-34-18-33-32(38(39(34)57-41)58-43(44)45)12-13-37(33)51-17-14-25(20-51)40(53)49-59(54,55)27-10-11-27/h4-9,18-19,25-27,37,43,52H,10-17,20-22H2,1-3H3,(H,49,53)/t25-,26-,37-/m1/s1. The molecule has 1 amide bonds. The number of oxazole rings is 1. The zero-order valence-electron chi connectivity index (χ0n) is 33.1. The molecular formula is C43H46F2N6O7S. The van der Waals surface area contributed by atoms with E-state index in [0.29, 0.717) is 92.2 Å². The fourth-order valence-corrected chi connectivity index (χ4v) is 10.5. The molecule has 0 unspecified atom stereocenters. The number of hydrogen-bond donors (Lipinski definition) is 2. The van der Waals surface area contributed by atoms with Crippen LogP contribution in [0.3, 0.4) is 0 Å². The van der Waals surface area contributed by atoms with Crippen molar-refractivity contribution in [3.05, 3.63) is 76.6 Å². The molecule has 2 aromatic heterocycles. The van der Waals surface area contributed by atoms with Gasteiger partial charge in [-0.25, -0.2) is 18.4 Å². The van der Waals surface area contributed by atoms with E-state index in [1.54, 1.807) is 13.3 Å². The largest absolute Gasteiger partial charge is 0.480 e. The maximum Gasteiger partial charge on any atom is 0.387 e. The number of hydrogen-bond acceptors (Lipinski definition) is 12. The molecule has 310 valence electrons. The van der Waals surface area contributed by atoms with Crippen molar-refractivity contribution < 1.29 is 41.0 Å². The third kappa shape index (κ3) is 7.55. The minimum Gasteiger partial charge on any atom is -0.480 e. The Labute approximate surface area is 340 Å². The number of β-amino-alcohol motifs (C(OH)–C–C–N with tert-alkyl or cyclic N) is 1. The van der Waals surface area contributed by atoms with Crippen LogP contribution in [0, 0.1) is 19.8 Å². The number of rotatable bonds is 12. The first-order valence-corrected chi connectivity index (χ1v) is 21.6. The van der Waals surface area contributed by atoms with Crippen molar-refractivity contribution in [1.82, 2.24) is 29.5 Å². The molecule has 3 aromatic carbocycles. The van der Waals surface area contributed by atoms with E-state index in [0.717, 1.165) is 46.3 Å². The van der Waals surface area contributed by atoms with Crippen LogP contribution in [0.15, 0.2) is 53.1 Å². The van der Waals surface area contributed by atoms with Gasteiger partial charge in [-0.05, 0) is 98.9 Å². The molecule has 5 aromatic rings. The summed E-state index contributed by atoms with van der Waals surface area (Å²) in [5.74, 6) is -0.322. The first kappa shape index (κ1) is 39.4. The Balaban J connectivity index is 1.01. The molecule has 0 radical (unpaired) electrons. The smallest absolute Gasteiger partial charge is 0.387 e. The molecule has 2 N–H and O–H groups in total. The average molecular weight is 829 g/mol. The number of nitrogens with zero attached hydrogens (tertiary/aromatic N) is 5. The number of aliphatic hydroxyl groups excluding tert-OH is 1. The molecule has 4 heterocycles. The summed E-state index contributed by atoms with van der Waals surface area (Å²) in [6.07, 6.45) is 4.84. The van der Waals surface area contributed by atoms with Crippen LogP contribution in [0.5, 0.6) is 11.6 Å². The average Bonchev–Trinajstić information content (AvgIpc) is 3.48. The topological polar surface area (TPSA) is 160 Å². The maximum absolute atomic E-state index is 14.0. The van der Waals surface area contributed by atoms with Crippen molar-refractivity contribution in [2.45, 2.75) is 82.9 Å².